The summed E-state index contributed by atoms with van der Waals surface area (Å²) >= 11 is 0. The number of hydrogen-bond donors (Lipinski definition) is 2. The first-order chi connectivity index (χ1) is 10.6. The highest BCUT2D eigenvalue weighted by atomic mass is 19.1. The zero-order valence-electron chi connectivity index (χ0n) is 12.0. The van der Waals surface area contributed by atoms with Crippen LogP contribution in [0.3, 0.4) is 0 Å². The number of anilines is 1. The SMILES string of the molecule is O=C(NCCCc1ccccc1)C(=O)Nc1ccc(F)cc1. The van der Waals surface area contributed by atoms with Crippen LogP contribution in [0.25, 0.3) is 0 Å². The second kappa shape index (κ2) is 7.93. The molecule has 5 heteroatoms. The van der Waals surface area contributed by atoms with Crippen molar-refractivity contribution in [3.8, 4) is 0 Å². The first kappa shape index (κ1) is 15.7. The van der Waals surface area contributed by atoms with Crippen molar-refractivity contribution in [3.63, 3.8) is 0 Å². The van der Waals surface area contributed by atoms with Crippen LogP contribution in [0.2, 0.25) is 0 Å². The Kier molecular flexibility index (Phi) is 5.65. The number of aryl methyl sites for hydroxylation is 1. The Morgan fingerprint density at radius 2 is 1.59 bits per heavy atom. The largest absolute Gasteiger partial charge is 0.348 e. The fourth-order valence-corrected chi connectivity index (χ4v) is 1.94. The van der Waals surface area contributed by atoms with Gasteiger partial charge in [0.15, 0.2) is 0 Å². The van der Waals surface area contributed by atoms with Gasteiger partial charge < -0.3 is 10.6 Å². The van der Waals surface area contributed by atoms with Gasteiger partial charge >= 0.3 is 11.8 Å². The molecular formula is C17H17FN2O2. The number of carbonyl (C=O) groups excluding carboxylic acids is 2. The Morgan fingerprint density at radius 3 is 2.27 bits per heavy atom. The van der Waals surface area contributed by atoms with Crippen molar-refractivity contribution < 1.29 is 14.0 Å². The molecule has 0 radical (unpaired) electrons. The fourth-order valence-electron chi connectivity index (χ4n) is 1.94. The van der Waals surface area contributed by atoms with Crippen molar-refractivity contribution in [3.05, 3.63) is 66.0 Å². The average molecular weight is 300 g/mol. The highest BCUT2D eigenvalue weighted by molar-refractivity contribution is 6.39. The van der Waals surface area contributed by atoms with Crippen LogP contribution in [-0.2, 0) is 16.0 Å². The van der Waals surface area contributed by atoms with Crippen LogP contribution in [0, 0.1) is 5.82 Å². The molecule has 22 heavy (non-hydrogen) atoms. The topological polar surface area (TPSA) is 58.2 Å². The van der Waals surface area contributed by atoms with Gasteiger partial charge in [0, 0.05) is 12.2 Å². The molecule has 114 valence electrons. The van der Waals surface area contributed by atoms with E-state index in [1.807, 2.05) is 30.3 Å². The molecule has 2 amide bonds. The maximum absolute atomic E-state index is 12.7. The average Bonchev–Trinajstić information content (AvgIpc) is 2.54. The van der Waals surface area contributed by atoms with Crippen LogP contribution in [0.15, 0.2) is 54.6 Å². The minimum atomic E-state index is -0.758. The van der Waals surface area contributed by atoms with Gasteiger partial charge in [-0.2, -0.15) is 0 Å². The quantitative estimate of drug-likeness (QED) is 0.658. The lowest BCUT2D eigenvalue weighted by Gasteiger charge is -2.06. The predicted octanol–water partition coefficient (Wildman–Crippen LogP) is 2.51. The summed E-state index contributed by atoms with van der Waals surface area (Å²) in [7, 11) is 0. The normalized spacial score (nSPS) is 10.0. The molecule has 0 aliphatic rings. The molecule has 0 bridgehead atoms. The minimum Gasteiger partial charge on any atom is -0.348 e. The summed E-state index contributed by atoms with van der Waals surface area (Å²) < 4.78 is 12.7. The first-order valence-electron chi connectivity index (χ1n) is 7.04. The summed E-state index contributed by atoms with van der Waals surface area (Å²) in [4.78, 5) is 23.3. The van der Waals surface area contributed by atoms with Crippen molar-refractivity contribution in [1.29, 1.82) is 0 Å². The van der Waals surface area contributed by atoms with Crippen LogP contribution < -0.4 is 10.6 Å². The number of hydrogen-bond acceptors (Lipinski definition) is 2. The molecule has 0 unspecified atom stereocenters. The van der Waals surface area contributed by atoms with Gasteiger partial charge in [0.05, 0.1) is 0 Å². The fraction of sp³-hybridized carbons (Fsp3) is 0.176. The maximum atomic E-state index is 12.7. The zero-order valence-corrected chi connectivity index (χ0v) is 12.0. The molecule has 0 heterocycles. The van der Waals surface area contributed by atoms with E-state index in [9.17, 15) is 14.0 Å². The van der Waals surface area contributed by atoms with Crippen molar-refractivity contribution in [2.45, 2.75) is 12.8 Å². The Bertz CT molecular complexity index is 627. The predicted molar refractivity (Wildman–Crippen MR) is 82.8 cm³/mol. The standard InChI is InChI=1S/C17H17FN2O2/c18-14-8-10-15(11-9-14)20-17(22)16(21)19-12-4-7-13-5-2-1-3-6-13/h1-3,5-6,8-11H,4,7,12H2,(H,19,21)(H,20,22). The van der Waals surface area contributed by atoms with Crippen LogP contribution in [0.4, 0.5) is 10.1 Å². The Hall–Kier alpha value is -2.69. The summed E-state index contributed by atoms with van der Waals surface area (Å²) in [6.07, 6.45) is 1.58. The van der Waals surface area contributed by atoms with Gasteiger partial charge in [-0.05, 0) is 42.7 Å². The van der Waals surface area contributed by atoms with E-state index in [4.69, 9.17) is 0 Å². The summed E-state index contributed by atoms with van der Waals surface area (Å²) in [5, 5.41) is 4.97. The van der Waals surface area contributed by atoms with E-state index >= 15 is 0 Å². The third-order valence-electron chi connectivity index (χ3n) is 3.08. The van der Waals surface area contributed by atoms with E-state index in [1.165, 1.54) is 29.8 Å². The van der Waals surface area contributed by atoms with Crippen LogP contribution >= 0.6 is 0 Å². The lowest BCUT2D eigenvalue weighted by molar-refractivity contribution is -0.136. The smallest absolute Gasteiger partial charge is 0.313 e. The van der Waals surface area contributed by atoms with E-state index in [0.717, 1.165) is 12.8 Å². The van der Waals surface area contributed by atoms with Gasteiger partial charge in [0.1, 0.15) is 5.82 Å². The molecule has 0 fully saturated rings. The first-order valence-corrected chi connectivity index (χ1v) is 7.04. The van der Waals surface area contributed by atoms with Crippen LogP contribution in [0.1, 0.15) is 12.0 Å². The second-order valence-corrected chi connectivity index (χ2v) is 4.81. The van der Waals surface area contributed by atoms with Gasteiger partial charge in [0.25, 0.3) is 0 Å². The van der Waals surface area contributed by atoms with E-state index in [2.05, 4.69) is 10.6 Å². The van der Waals surface area contributed by atoms with Crippen molar-refractivity contribution in [1.82, 2.24) is 5.32 Å². The third-order valence-corrected chi connectivity index (χ3v) is 3.08. The van der Waals surface area contributed by atoms with Gasteiger partial charge in [-0.3, -0.25) is 9.59 Å². The van der Waals surface area contributed by atoms with E-state index in [-0.39, 0.29) is 0 Å². The lowest BCUT2D eigenvalue weighted by Crippen LogP contribution is -2.36. The molecule has 0 aliphatic carbocycles. The Labute approximate surface area is 128 Å². The molecular weight excluding hydrogens is 283 g/mol. The molecule has 0 aromatic heterocycles. The molecule has 2 rings (SSSR count). The van der Waals surface area contributed by atoms with Crippen molar-refractivity contribution >= 4 is 17.5 Å². The number of carbonyl (C=O) groups is 2. The molecule has 0 spiro atoms. The number of halogens is 1. The van der Waals surface area contributed by atoms with Gasteiger partial charge in [-0.25, -0.2) is 4.39 Å². The summed E-state index contributed by atoms with van der Waals surface area (Å²) in [5.41, 5.74) is 1.57. The summed E-state index contributed by atoms with van der Waals surface area (Å²) in [5.74, 6) is -1.85. The highest BCUT2D eigenvalue weighted by Crippen LogP contribution is 2.07. The van der Waals surface area contributed by atoms with Gasteiger partial charge in [0.2, 0.25) is 0 Å². The molecule has 0 atom stereocenters. The summed E-state index contributed by atoms with van der Waals surface area (Å²) in [6.45, 7) is 0.421. The molecule has 0 aliphatic heterocycles. The second-order valence-electron chi connectivity index (χ2n) is 4.81. The molecule has 0 saturated heterocycles. The number of amides is 2. The van der Waals surface area contributed by atoms with E-state index in [0.29, 0.717) is 12.2 Å². The monoisotopic (exact) mass is 300 g/mol. The minimum absolute atomic E-state index is 0.380. The maximum Gasteiger partial charge on any atom is 0.313 e. The number of rotatable bonds is 5. The molecule has 4 nitrogen and oxygen atoms in total. The Balaban J connectivity index is 1.70. The van der Waals surface area contributed by atoms with E-state index < -0.39 is 17.6 Å². The van der Waals surface area contributed by atoms with Crippen molar-refractivity contribution in [2.24, 2.45) is 0 Å². The molecule has 2 aromatic carbocycles. The zero-order chi connectivity index (χ0) is 15.8. The highest BCUT2D eigenvalue weighted by Gasteiger charge is 2.12. The third kappa shape index (κ3) is 5.01. The van der Waals surface area contributed by atoms with Crippen LogP contribution in [-0.4, -0.2) is 18.4 Å². The number of nitrogens with one attached hydrogen (secondary N) is 2. The molecule has 2 N–H and O–H groups in total. The lowest BCUT2D eigenvalue weighted by atomic mass is 10.1. The number of benzene rings is 2. The van der Waals surface area contributed by atoms with Gasteiger partial charge in [-0.1, -0.05) is 30.3 Å². The summed E-state index contributed by atoms with van der Waals surface area (Å²) in [6, 6.07) is 15.1. The van der Waals surface area contributed by atoms with Gasteiger partial charge in [-0.15, -0.1) is 0 Å². The molecule has 0 saturated carbocycles. The Morgan fingerprint density at radius 1 is 0.909 bits per heavy atom. The van der Waals surface area contributed by atoms with Crippen molar-refractivity contribution in [2.75, 3.05) is 11.9 Å². The van der Waals surface area contributed by atoms with E-state index in [1.54, 1.807) is 0 Å². The van der Waals surface area contributed by atoms with Crippen LogP contribution in [0.5, 0.6) is 0 Å². The molecule has 2 aromatic rings.